The van der Waals surface area contributed by atoms with Gasteiger partial charge in [-0.15, -0.1) is 0 Å². The first-order chi connectivity index (χ1) is 10.7. The van der Waals surface area contributed by atoms with Crippen LogP contribution in [0, 0.1) is 11.8 Å². The van der Waals surface area contributed by atoms with Gasteiger partial charge in [0.2, 0.25) is 11.8 Å². The fourth-order valence-electron chi connectivity index (χ4n) is 3.52. The maximum atomic E-state index is 12.3. The molecule has 1 heterocycles. The molecule has 1 aliphatic carbocycles. The third-order valence-electron chi connectivity index (χ3n) is 4.85. The molecule has 1 aliphatic heterocycles. The van der Waals surface area contributed by atoms with E-state index in [2.05, 4.69) is 5.32 Å². The quantitative estimate of drug-likeness (QED) is 0.929. The SMILES string of the molecule is O=C(NCC1CCCCC1)C1CC(=O)N(c2ccccc2)C1. The summed E-state index contributed by atoms with van der Waals surface area (Å²) in [5, 5.41) is 3.07. The lowest BCUT2D eigenvalue weighted by Crippen LogP contribution is -2.36. The van der Waals surface area contributed by atoms with Crippen molar-refractivity contribution in [1.82, 2.24) is 5.32 Å². The highest BCUT2D eigenvalue weighted by Crippen LogP contribution is 2.26. The second-order valence-corrected chi connectivity index (χ2v) is 6.49. The lowest BCUT2D eigenvalue weighted by atomic mass is 9.89. The van der Waals surface area contributed by atoms with E-state index in [0.717, 1.165) is 12.2 Å². The summed E-state index contributed by atoms with van der Waals surface area (Å²) < 4.78 is 0. The third-order valence-corrected chi connectivity index (χ3v) is 4.85. The molecule has 1 unspecified atom stereocenters. The summed E-state index contributed by atoms with van der Waals surface area (Å²) in [4.78, 5) is 26.2. The number of nitrogens with zero attached hydrogens (tertiary/aromatic N) is 1. The van der Waals surface area contributed by atoms with Crippen LogP contribution in [0.4, 0.5) is 5.69 Å². The number of para-hydroxylation sites is 1. The van der Waals surface area contributed by atoms with Gasteiger partial charge in [-0.25, -0.2) is 0 Å². The van der Waals surface area contributed by atoms with Gasteiger partial charge in [0, 0.05) is 25.2 Å². The molecular formula is C18H24N2O2. The Morgan fingerprint density at radius 2 is 1.86 bits per heavy atom. The topological polar surface area (TPSA) is 49.4 Å². The van der Waals surface area contributed by atoms with Crippen molar-refractivity contribution in [3.8, 4) is 0 Å². The van der Waals surface area contributed by atoms with E-state index in [-0.39, 0.29) is 17.7 Å². The van der Waals surface area contributed by atoms with Crippen LogP contribution in [0.3, 0.4) is 0 Å². The van der Waals surface area contributed by atoms with Gasteiger partial charge >= 0.3 is 0 Å². The summed E-state index contributed by atoms with van der Waals surface area (Å²) >= 11 is 0. The van der Waals surface area contributed by atoms with Gasteiger partial charge in [0.1, 0.15) is 0 Å². The number of hydrogen-bond acceptors (Lipinski definition) is 2. The predicted octanol–water partition coefficient (Wildman–Crippen LogP) is 2.74. The van der Waals surface area contributed by atoms with Crippen LogP contribution in [0.15, 0.2) is 30.3 Å². The molecule has 0 aromatic heterocycles. The van der Waals surface area contributed by atoms with Gasteiger partial charge in [-0.1, -0.05) is 37.5 Å². The summed E-state index contributed by atoms with van der Waals surface area (Å²) in [5.74, 6) is 0.498. The Morgan fingerprint density at radius 3 is 2.59 bits per heavy atom. The highest BCUT2D eigenvalue weighted by molar-refractivity contribution is 6.00. The first kappa shape index (κ1) is 15.1. The van der Waals surface area contributed by atoms with Crippen molar-refractivity contribution in [1.29, 1.82) is 0 Å². The Bertz CT molecular complexity index is 523. The molecule has 0 radical (unpaired) electrons. The maximum absolute atomic E-state index is 12.3. The minimum absolute atomic E-state index is 0.0392. The molecule has 3 rings (SSSR count). The summed E-state index contributed by atoms with van der Waals surface area (Å²) in [6.07, 6.45) is 6.66. The predicted molar refractivity (Wildman–Crippen MR) is 86.5 cm³/mol. The van der Waals surface area contributed by atoms with Crippen molar-refractivity contribution in [2.75, 3.05) is 18.0 Å². The molecule has 2 aliphatic rings. The zero-order valence-electron chi connectivity index (χ0n) is 13.0. The Labute approximate surface area is 131 Å². The van der Waals surface area contributed by atoms with Gasteiger partial charge in [-0.2, -0.15) is 0 Å². The number of hydrogen-bond donors (Lipinski definition) is 1. The average Bonchev–Trinajstić information content (AvgIpc) is 2.96. The molecule has 2 amide bonds. The lowest BCUT2D eigenvalue weighted by Gasteiger charge is -2.22. The fourth-order valence-corrected chi connectivity index (χ4v) is 3.52. The standard InChI is InChI=1S/C18H24N2O2/c21-17-11-15(13-20(17)16-9-5-2-6-10-16)18(22)19-12-14-7-3-1-4-8-14/h2,5-6,9-10,14-15H,1,3-4,7-8,11-13H2,(H,19,22). The van der Waals surface area contributed by atoms with E-state index >= 15 is 0 Å². The van der Waals surface area contributed by atoms with Crippen LogP contribution in [0.2, 0.25) is 0 Å². The van der Waals surface area contributed by atoms with Crippen LogP contribution in [-0.4, -0.2) is 24.9 Å². The van der Waals surface area contributed by atoms with E-state index in [1.807, 2.05) is 30.3 Å². The molecule has 2 fully saturated rings. The van der Waals surface area contributed by atoms with Gasteiger partial charge in [0.25, 0.3) is 0 Å². The molecule has 118 valence electrons. The second-order valence-electron chi connectivity index (χ2n) is 6.49. The smallest absolute Gasteiger partial charge is 0.227 e. The van der Waals surface area contributed by atoms with Crippen LogP contribution in [0.5, 0.6) is 0 Å². The zero-order chi connectivity index (χ0) is 15.4. The van der Waals surface area contributed by atoms with Crippen LogP contribution < -0.4 is 10.2 Å². The molecule has 22 heavy (non-hydrogen) atoms. The number of nitrogens with one attached hydrogen (secondary N) is 1. The summed E-state index contributed by atoms with van der Waals surface area (Å²) in [7, 11) is 0. The average molecular weight is 300 g/mol. The highest BCUT2D eigenvalue weighted by Gasteiger charge is 2.35. The third kappa shape index (κ3) is 3.49. The van der Waals surface area contributed by atoms with Gasteiger partial charge in [-0.05, 0) is 30.9 Å². The lowest BCUT2D eigenvalue weighted by molar-refractivity contribution is -0.126. The highest BCUT2D eigenvalue weighted by atomic mass is 16.2. The van der Waals surface area contributed by atoms with Crippen molar-refractivity contribution in [2.24, 2.45) is 11.8 Å². The van der Waals surface area contributed by atoms with Gasteiger partial charge in [-0.3, -0.25) is 9.59 Å². The molecular weight excluding hydrogens is 276 g/mol. The number of carbonyl (C=O) groups is 2. The molecule has 4 nitrogen and oxygen atoms in total. The van der Waals surface area contributed by atoms with E-state index in [1.165, 1.54) is 32.1 Å². The van der Waals surface area contributed by atoms with Crippen LogP contribution in [0.1, 0.15) is 38.5 Å². The molecule has 4 heteroatoms. The van der Waals surface area contributed by atoms with Crippen LogP contribution >= 0.6 is 0 Å². The van der Waals surface area contributed by atoms with Crippen molar-refractivity contribution in [3.63, 3.8) is 0 Å². The summed E-state index contributed by atoms with van der Waals surface area (Å²) in [6.45, 7) is 1.27. The minimum atomic E-state index is -0.212. The first-order valence-corrected chi connectivity index (χ1v) is 8.37. The van der Waals surface area contributed by atoms with E-state index in [4.69, 9.17) is 0 Å². The number of amides is 2. The first-order valence-electron chi connectivity index (χ1n) is 8.37. The molecule has 1 N–H and O–H groups in total. The Morgan fingerprint density at radius 1 is 1.14 bits per heavy atom. The van der Waals surface area contributed by atoms with Gasteiger partial charge in [0.05, 0.1) is 5.92 Å². The molecule has 1 aromatic rings. The number of carbonyl (C=O) groups excluding carboxylic acids is 2. The Balaban J connectivity index is 1.52. The van der Waals surface area contributed by atoms with Gasteiger partial charge in [0.15, 0.2) is 0 Å². The van der Waals surface area contributed by atoms with E-state index < -0.39 is 0 Å². The molecule has 1 saturated heterocycles. The number of rotatable bonds is 4. The van der Waals surface area contributed by atoms with Crippen molar-refractivity contribution < 1.29 is 9.59 Å². The van der Waals surface area contributed by atoms with Crippen LogP contribution in [-0.2, 0) is 9.59 Å². The van der Waals surface area contributed by atoms with E-state index in [9.17, 15) is 9.59 Å². The largest absolute Gasteiger partial charge is 0.356 e. The second kappa shape index (κ2) is 6.95. The van der Waals surface area contributed by atoms with Crippen molar-refractivity contribution in [2.45, 2.75) is 38.5 Å². The fraction of sp³-hybridized carbons (Fsp3) is 0.556. The van der Waals surface area contributed by atoms with Crippen molar-refractivity contribution in [3.05, 3.63) is 30.3 Å². The molecule has 1 atom stereocenters. The number of benzene rings is 1. The summed E-state index contributed by atoms with van der Waals surface area (Å²) in [6, 6.07) is 9.59. The maximum Gasteiger partial charge on any atom is 0.227 e. The number of anilines is 1. The van der Waals surface area contributed by atoms with E-state index in [1.54, 1.807) is 4.90 Å². The Hall–Kier alpha value is -1.84. The zero-order valence-corrected chi connectivity index (χ0v) is 13.0. The van der Waals surface area contributed by atoms with Crippen LogP contribution in [0.25, 0.3) is 0 Å². The molecule has 0 bridgehead atoms. The molecule has 1 aromatic carbocycles. The van der Waals surface area contributed by atoms with Gasteiger partial charge < -0.3 is 10.2 Å². The molecule has 0 spiro atoms. The van der Waals surface area contributed by atoms with Crippen molar-refractivity contribution >= 4 is 17.5 Å². The summed E-state index contributed by atoms with van der Waals surface area (Å²) in [5.41, 5.74) is 0.884. The monoisotopic (exact) mass is 300 g/mol. The van der Waals surface area contributed by atoms with E-state index in [0.29, 0.717) is 18.9 Å². The Kier molecular flexibility index (Phi) is 4.76. The normalized spacial score (nSPS) is 22.8. The molecule has 1 saturated carbocycles. The minimum Gasteiger partial charge on any atom is -0.356 e.